The van der Waals surface area contributed by atoms with Gasteiger partial charge in [-0.05, 0) is 24.5 Å². The number of carbonyl (C=O) groups is 1. The van der Waals surface area contributed by atoms with Crippen LogP contribution in [0.3, 0.4) is 0 Å². The van der Waals surface area contributed by atoms with Crippen LogP contribution in [-0.2, 0) is 0 Å². The molecule has 2 atom stereocenters. The van der Waals surface area contributed by atoms with Crippen LogP contribution in [0.2, 0.25) is 0 Å². The summed E-state index contributed by atoms with van der Waals surface area (Å²) in [7, 11) is 0. The number of hydrogen-bond donors (Lipinski definition) is 1. The Morgan fingerprint density at radius 1 is 1.32 bits per heavy atom. The van der Waals surface area contributed by atoms with E-state index < -0.39 is 6.10 Å². The molecule has 0 saturated carbocycles. The number of aliphatic hydroxyl groups is 1. The Bertz CT molecular complexity index is 493. The molecule has 1 aromatic rings. The average Bonchev–Trinajstić information content (AvgIpc) is 2.43. The number of nitrogens with zero attached hydrogens (tertiary/aromatic N) is 1. The summed E-state index contributed by atoms with van der Waals surface area (Å²) in [5.41, 5.74) is 1.84. The van der Waals surface area contributed by atoms with Crippen molar-refractivity contribution < 1.29 is 9.90 Å². The molecule has 0 spiro atoms. The zero-order valence-corrected chi connectivity index (χ0v) is 11.6. The number of hydrogen-bond acceptors (Lipinski definition) is 3. The molecule has 2 unspecified atom stereocenters. The number of aliphatic imine (C=N–C) groups is 1. The van der Waals surface area contributed by atoms with E-state index in [0.717, 1.165) is 12.8 Å². The lowest BCUT2D eigenvalue weighted by molar-refractivity contribution is 0.0835. The first-order valence-corrected chi connectivity index (χ1v) is 7.05. The first-order chi connectivity index (χ1) is 9.15. The molecule has 2 rings (SSSR count). The molecule has 0 amide bonds. The second-order valence-corrected chi connectivity index (χ2v) is 5.22. The van der Waals surface area contributed by atoms with E-state index >= 15 is 0 Å². The molecule has 3 heteroatoms. The molecule has 1 aromatic carbocycles. The summed E-state index contributed by atoms with van der Waals surface area (Å²) in [5.74, 6) is -0.0678. The molecule has 0 aromatic heterocycles. The summed E-state index contributed by atoms with van der Waals surface area (Å²) in [6.45, 7) is 4.20. The van der Waals surface area contributed by atoms with Crippen molar-refractivity contribution >= 4 is 17.2 Å². The van der Waals surface area contributed by atoms with Crippen LogP contribution in [0.4, 0.5) is 5.69 Å². The Morgan fingerprint density at radius 2 is 2.05 bits per heavy atom. The second kappa shape index (κ2) is 6.11. The van der Waals surface area contributed by atoms with E-state index in [2.05, 4.69) is 11.9 Å². The Labute approximate surface area is 114 Å². The zero-order valence-electron chi connectivity index (χ0n) is 11.6. The molecule has 0 saturated heterocycles. The fourth-order valence-corrected chi connectivity index (χ4v) is 2.49. The third-order valence-corrected chi connectivity index (χ3v) is 3.69. The number of para-hydroxylation sites is 1. The average molecular weight is 259 g/mol. The predicted octanol–water partition coefficient (Wildman–Crippen LogP) is 3.53. The van der Waals surface area contributed by atoms with Crippen molar-refractivity contribution in [3.8, 4) is 0 Å². The van der Waals surface area contributed by atoms with Crippen LogP contribution in [0.15, 0.2) is 29.3 Å². The third kappa shape index (κ3) is 2.92. The lowest BCUT2D eigenvalue weighted by Gasteiger charge is -2.24. The van der Waals surface area contributed by atoms with E-state index in [1.807, 2.05) is 19.1 Å². The number of aliphatic hydroxyl groups excluding tert-OH is 1. The molecule has 1 aliphatic heterocycles. The minimum Gasteiger partial charge on any atom is -0.379 e. The topological polar surface area (TPSA) is 49.7 Å². The Kier molecular flexibility index (Phi) is 4.48. The van der Waals surface area contributed by atoms with Crippen LogP contribution in [0.25, 0.3) is 0 Å². The van der Waals surface area contributed by atoms with Crippen LogP contribution < -0.4 is 0 Å². The van der Waals surface area contributed by atoms with E-state index in [4.69, 9.17) is 0 Å². The molecular formula is C16H21NO2. The SMILES string of the molecule is CCCCCC(C)C1=Nc2ccccc2C(=O)C1O. The third-order valence-electron chi connectivity index (χ3n) is 3.69. The van der Waals surface area contributed by atoms with Crippen molar-refractivity contribution in [2.75, 3.05) is 0 Å². The van der Waals surface area contributed by atoms with E-state index in [1.165, 1.54) is 12.8 Å². The normalized spacial score (nSPS) is 19.8. The number of carbonyl (C=O) groups excluding carboxylic acids is 1. The molecule has 0 radical (unpaired) electrons. The van der Waals surface area contributed by atoms with Gasteiger partial charge in [0.15, 0.2) is 11.9 Å². The predicted molar refractivity (Wildman–Crippen MR) is 77.2 cm³/mol. The quantitative estimate of drug-likeness (QED) is 0.822. The first-order valence-electron chi connectivity index (χ1n) is 7.05. The fraction of sp³-hybridized carbons (Fsp3) is 0.500. The highest BCUT2D eigenvalue weighted by Crippen LogP contribution is 2.29. The summed E-state index contributed by atoms with van der Waals surface area (Å²) < 4.78 is 0. The standard InChI is InChI=1S/C16H21NO2/c1-3-4-5-8-11(2)14-16(19)15(18)12-9-6-7-10-13(12)17-14/h6-7,9-11,16,19H,3-5,8H2,1-2H3. The van der Waals surface area contributed by atoms with Crippen LogP contribution >= 0.6 is 0 Å². The van der Waals surface area contributed by atoms with Crippen LogP contribution in [0.1, 0.15) is 49.9 Å². The van der Waals surface area contributed by atoms with Gasteiger partial charge >= 0.3 is 0 Å². The van der Waals surface area contributed by atoms with Gasteiger partial charge in [-0.3, -0.25) is 9.79 Å². The highest BCUT2D eigenvalue weighted by atomic mass is 16.3. The number of fused-ring (bicyclic) bond motifs is 1. The Balaban J connectivity index is 2.21. The number of benzene rings is 1. The summed E-state index contributed by atoms with van der Waals surface area (Å²) >= 11 is 0. The number of rotatable bonds is 5. The van der Waals surface area contributed by atoms with Crippen molar-refractivity contribution in [1.29, 1.82) is 0 Å². The van der Waals surface area contributed by atoms with Crippen molar-refractivity contribution in [2.24, 2.45) is 10.9 Å². The lowest BCUT2D eigenvalue weighted by atomic mass is 9.88. The van der Waals surface area contributed by atoms with Gasteiger partial charge in [-0.15, -0.1) is 0 Å². The van der Waals surface area contributed by atoms with E-state index in [1.54, 1.807) is 12.1 Å². The minimum atomic E-state index is -1.06. The lowest BCUT2D eigenvalue weighted by Crippen LogP contribution is -2.36. The molecule has 0 fully saturated rings. The van der Waals surface area contributed by atoms with Crippen LogP contribution in [-0.4, -0.2) is 22.7 Å². The summed E-state index contributed by atoms with van der Waals surface area (Å²) in [5, 5.41) is 10.1. The summed E-state index contributed by atoms with van der Waals surface area (Å²) in [4.78, 5) is 16.6. The van der Waals surface area contributed by atoms with Crippen molar-refractivity contribution in [2.45, 2.75) is 45.6 Å². The molecule has 1 N–H and O–H groups in total. The highest BCUT2D eigenvalue weighted by molar-refractivity contribution is 6.20. The monoisotopic (exact) mass is 259 g/mol. The summed E-state index contributed by atoms with van der Waals surface area (Å²) in [6.07, 6.45) is 3.37. The Hall–Kier alpha value is -1.48. The smallest absolute Gasteiger partial charge is 0.199 e. The minimum absolute atomic E-state index is 0.152. The van der Waals surface area contributed by atoms with Gasteiger partial charge < -0.3 is 5.11 Å². The maximum Gasteiger partial charge on any atom is 0.199 e. The first kappa shape index (κ1) is 13.9. The van der Waals surface area contributed by atoms with Gasteiger partial charge in [0.1, 0.15) is 0 Å². The Morgan fingerprint density at radius 3 is 2.79 bits per heavy atom. The van der Waals surface area contributed by atoms with Gasteiger partial charge in [0, 0.05) is 5.56 Å². The van der Waals surface area contributed by atoms with E-state index in [0.29, 0.717) is 17.0 Å². The van der Waals surface area contributed by atoms with Gasteiger partial charge in [0.2, 0.25) is 0 Å². The molecule has 0 aliphatic carbocycles. The van der Waals surface area contributed by atoms with Gasteiger partial charge in [-0.25, -0.2) is 0 Å². The van der Waals surface area contributed by atoms with Gasteiger partial charge in [0.05, 0.1) is 11.4 Å². The highest BCUT2D eigenvalue weighted by Gasteiger charge is 2.31. The number of unbranched alkanes of at least 4 members (excludes halogenated alkanes) is 2. The maximum atomic E-state index is 12.1. The second-order valence-electron chi connectivity index (χ2n) is 5.22. The van der Waals surface area contributed by atoms with Crippen molar-refractivity contribution in [1.82, 2.24) is 0 Å². The summed E-state index contributed by atoms with van der Waals surface area (Å²) in [6, 6.07) is 7.22. The van der Waals surface area contributed by atoms with E-state index in [-0.39, 0.29) is 11.7 Å². The van der Waals surface area contributed by atoms with Gasteiger partial charge in [0.25, 0.3) is 0 Å². The van der Waals surface area contributed by atoms with Crippen LogP contribution in [0.5, 0.6) is 0 Å². The van der Waals surface area contributed by atoms with Gasteiger partial charge in [-0.2, -0.15) is 0 Å². The molecule has 102 valence electrons. The fourth-order valence-electron chi connectivity index (χ4n) is 2.49. The van der Waals surface area contributed by atoms with Gasteiger partial charge in [-0.1, -0.05) is 45.2 Å². The molecule has 3 nitrogen and oxygen atoms in total. The van der Waals surface area contributed by atoms with Crippen molar-refractivity contribution in [3.05, 3.63) is 29.8 Å². The zero-order chi connectivity index (χ0) is 13.8. The van der Waals surface area contributed by atoms with Crippen LogP contribution in [0, 0.1) is 5.92 Å². The molecular weight excluding hydrogens is 238 g/mol. The maximum absolute atomic E-state index is 12.1. The molecule has 1 aliphatic rings. The molecule has 1 heterocycles. The van der Waals surface area contributed by atoms with E-state index in [9.17, 15) is 9.90 Å². The van der Waals surface area contributed by atoms with Crippen molar-refractivity contribution in [3.63, 3.8) is 0 Å². The molecule has 19 heavy (non-hydrogen) atoms. The largest absolute Gasteiger partial charge is 0.379 e. The number of Topliss-reactive ketones (excluding diaryl/α,β-unsaturated/α-hetero) is 1. The number of ketones is 1. The molecule has 0 bridgehead atoms.